The van der Waals surface area contributed by atoms with Crippen molar-refractivity contribution in [1.82, 2.24) is 0 Å². The van der Waals surface area contributed by atoms with Crippen LogP contribution in [0.5, 0.6) is 0 Å². The predicted octanol–water partition coefficient (Wildman–Crippen LogP) is 2.24. The first-order chi connectivity index (χ1) is 7.19. The number of rotatable bonds is 5. The zero-order chi connectivity index (χ0) is 11.3. The molecule has 0 fully saturated rings. The Labute approximate surface area is 99.0 Å². The van der Waals surface area contributed by atoms with Crippen molar-refractivity contribution < 1.29 is 5.11 Å². The molecule has 0 aliphatic heterocycles. The number of benzene rings is 1. The van der Waals surface area contributed by atoms with Crippen LogP contribution in [0.15, 0.2) is 22.7 Å². The Balaban J connectivity index is 2.81. The first-order valence-electron chi connectivity index (χ1n) is 5.10. The molecule has 0 aromatic heterocycles. The molecule has 3 N–H and O–H groups in total. The molecule has 1 aromatic carbocycles. The van der Waals surface area contributed by atoms with Crippen molar-refractivity contribution in [3.8, 4) is 0 Å². The third-order valence-electron chi connectivity index (χ3n) is 2.30. The summed E-state index contributed by atoms with van der Waals surface area (Å²) < 4.78 is 0.988. The van der Waals surface area contributed by atoms with Gasteiger partial charge in [0.2, 0.25) is 0 Å². The van der Waals surface area contributed by atoms with Crippen LogP contribution in [-0.2, 0) is 0 Å². The summed E-state index contributed by atoms with van der Waals surface area (Å²) in [6.45, 7) is 4.02. The van der Waals surface area contributed by atoms with Crippen LogP contribution in [0.1, 0.15) is 13.3 Å². The zero-order valence-corrected chi connectivity index (χ0v) is 10.5. The first-order valence-corrected chi connectivity index (χ1v) is 5.89. The third kappa shape index (κ3) is 3.39. The summed E-state index contributed by atoms with van der Waals surface area (Å²) in [6, 6.07) is 5.88. The van der Waals surface area contributed by atoms with E-state index in [-0.39, 0.29) is 6.61 Å². The number of hydrogen-bond donors (Lipinski definition) is 2. The van der Waals surface area contributed by atoms with Gasteiger partial charge in [-0.05, 0) is 31.5 Å². The van der Waals surface area contributed by atoms with E-state index in [0.717, 1.165) is 35.4 Å². The fraction of sp³-hybridized carbons (Fsp3) is 0.455. The molecule has 0 radical (unpaired) electrons. The molecule has 0 heterocycles. The van der Waals surface area contributed by atoms with Crippen LogP contribution in [0.4, 0.5) is 11.4 Å². The first kappa shape index (κ1) is 12.3. The number of halogens is 1. The quantitative estimate of drug-likeness (QED) is 0.809. The maximum atomic E-state index is 8.81. The van der Waals surface area contributed by atoms with Crippen LogP contribution in [0.25, 0.3) is 0 Å². The Bertz CT molecular complexity index is 317. The minimum Gasteiger partial charge on any atom is -0.397 e. The Kier molecular flexibility index (Phi) is 4.91. The molecule has 0 bridgehead atoms. The summed E-state index contributed by atoms with van der Waals surface area (Å²) in [4.78, 5) is 2.16. The number of nitrogen functional groups attached to an aromatic ring is 1. The van der Waals surface area contributed by atoms with Gasteiger partial charge in [-0.2, -0.15) is 0 Å². The van der Waals surface area contributed by atoms with Gasteiger partial charge in [-0.1, -0.05) is 15.9 Å². The van der Waals surface area contributed by atoms with Crippen molar-refractivity contribution in [2.24, 2.45) is 0 Å². The lowest BCUT2D eigenvalue weighted by Gasteiger charge is -2.24. The molecule has 1 rings (SSSR count). The van der Waals surface area contributed by atoms with Crippen molar-refractivity contribution in [2.75, 3.05) is 30.3 Å². The molecule has 0 atom stereocenters. The highest BCUT2D eigenvalue weighted by Gasteiger charge is 2.07. The van der Waals surface area contributed by atoms with Crippen molar-refractivity contribution in [2.45, 2.75) is 13.3 Å². The van der Waals surface area contributed by atoms with Gasteiger partial charge in [0.25, 0.3) is 0 Å². The molecule has 0 aliphatic carbocycles. The maximum Gasteiger partial charge on any atom is 0.0600 e. The van der Waals surface area contributed by atoms with E-state index in [4.69, 9.17) is 10.8 Å². The summed E-state index contributed by atoms with van der Waals surface area (Å²) in [5.74, 6) is 0. The second-order valence-electron chi connectivity index (χ2n) is 3.36. The highest BCUT2D eigenvalue weighted by Crippen LogP contribution is 2.26. The summed E-state index contributed by atoms with van der Waals surface area (Å²) >= 11 is 3.38. The molecular formula is C11H17BrN2O. The number of hydrogen-bond acceptors (Lipinski definition) is 3. The fourth-order valence-corrected chi connectivity index (χ4v) is 1.90. The lowest BCUT2D eigenvalue weighted by molar-refractivity contribution is 0.289. The third-order valence-corrected chi connectivity index (χ3v) is 2.79. The molecule has 0 unspecified atom stereocenters. The van der Waals surface area contributed by atoms with E-state index in [1.807, 2.05) is 18.2 Å². The minimum atomic E-state index is 0.215. The van der Waals surface area contributed by atoms with E-state index < -0.39 is 0 Å². The number of nitrogens with two attached hydrogens (primary N) is 1. The average molecular weight is 273 g/mol. The van der Waals surface area contributed by atoms with Crippen molar-refractivity contribution >= 4 is 27.3 Å². The predicted molar refractivity (Wildman–Crippen MR) is 68.1 cm³/mol. The van der Waals surface area contributed by atoms with Gasteiger partial charge in [0.15, 0.2) is 0 Å². The summed E-state index contributed by atoms with van der Waals surface area (Å²) in [6.07, 6.45) is 0.767. The normalized spacial score (nSPS) is 10.3. The molecule has 0 spiro atoms. The van der Waals surface area contributed by atoms with E-state index in [1.165, 1.54) is 0 Å². The van der Waals surface area contributed by atoms with Crippen molar-refractivity contribution in [3.05, 3.63) is 22.7 Å². The lowest BCUT2D eigenvalue weighted by Crippen LogP contribution is -2.25. The van der Waals surface area contributed by atoms with Gasteiger partial charge < -0.3 is 15.7 Å². The molecule has 15 heavy (non-hydrogen) atoms. The van der Waals surface area contributed by atoms with Crippen LogP contribution in [0, 0.1) is 0 Å². The number of anilines is 2. The molecule has 84 valence electrons. The number of aliphatic hydroxyl groups excluding tert-OH is 1. The largest absolute Gasteiger partial charge is 0.397 e. The molecule has 0 amide bonds. The molecule has 0 aliphatic rings. The van der Waals surface area contributed by atoms with Crippen LogP contribution < -0.4 is 10.6 Å². The van der Waals surface area contributed by atoms with Gasteiger partial charge in [-0.3, -0.25) is 0 Å². The Hall–Kier alpha value is -0.740. The minimum absolute atomic E-state index is 0.215. The van der Waals surface area contributed by atoms with Gasteiger partial charge in [0.1, 0.15) is 0 Å². The maximum absolute atomic E-state index is 8.81. The van der Waals surface area contributed by atoms with E-state index in [0.29, 0.717) is 0 Å². The van der Waals surface area contributed by atoms with Crippen LogP contribution in [0.2, 0.25) is 0 Å². The molecule has 4 heteroatoms. The Morgan fingerprint density at radius 3 is 2.73 bits per heavy atom. The second-order valence-corrected chi connectivity index (χ2v) is 4.28. The van der Waals surface area contributed by atoms with E-state index in [1.54, 1.807) is 0 Å². The van der Waals surface area contributed by atoms with Gasteiger partial charge in [0, 0.05) is 24.2 Å². The molecule has 1 aromatic rings. The van der Waals surface area contributed by atoms with E-state index in [2.05, 4.69) is 27.8 Å². The van der Waals surface area contributed by atoms with Crippen LogP contribution in [0.3, 0.4) is 0 Å². The smallest absolute Gasteiger partial charge is 0.0600 e. The fourth-order valence-electron chi connectivity index (χ4n) is 1.52. The molecular weight excluding hydrogens is 256 g/mol. The Morgan fingerprint density at radius 1 is 1.47 bits per heavy atom. The van der Waals surface area contributed by atoms with E-state index in [9.17, 15) is 0 Å². The van der Waals surface area contributed by atoms with Crippen LogP contribution >= 0.6 is 15.9 Å². The van der Waals surface area contributed by atoms with Crippen molar-refractivity contribution in [3.63, 3.8) is 0 Å². The summed E-state index contributed by atoms with van der Waals surface area (Å²) in [5, 5.41) is 8.81. The van der Waals surface area contributed by atoms with Gasteiger partial charge >= 0.3 is 0 Å². The summed E-state index contributed by atoms with van der Waals surface area (Å²) in [5.41, 5.74) is 7.74. The Morgan fingerprint density at radius 2 is 2.20 bits per heavy atom. The van der Waals surface area contributed by atoms with E-state index >= 15 is 0 Å². The van der Waals surface area contributed by atoms with Crippen molar-refractivity contribution in [1.29, 1.82) is 0 Å². The molecule has 0 saturated carbocycles. The molecule has 3 nitrogen and oxygen atoms in total. The van der Waals surface area contributed by atoms with Gasteiger partial charge in [-0.25, -0.2) is 0 Å². The second kappa shape index (κ2) is 5.98. The van der Waals surface area contributed by atoms with Crippen LogP contribution in [-0.4, -0.2) is 24.8 Å². The zero-order valence-electron chi connectivity index (χ0n) is 8.91. The SMILES string of the molecule is CCN(CCCO)c1ccc(Br)cc1N. The molecule has 0 saturated heterocycles. The monoisotopic (exact) mass is 272 g/mol. The standard InChI is InChI=1S/C11H17BrN2O/c1-2-14(6-3-7-15)11-5-4-9(12)8-10(11)13/h4-5,8,15H,2-3,6-7,13H2,1H3. The highest BCUT2D eigenvalue weighted by molar-refractivity contribution is 9.10. The summed E-state index contributed by atoms with van der Waals surface area (Å²) in [7, 11) is 0. The highest BCUT2D eigenvalue weighted by atomic mass is 79.9. The number of nitrogens with zero attached hydrogens (tertiary/aromatic N) is 1. The topological polar surface area (TPSA) is 49.5 Å². The van der Waals surface area contributed by atoms with Gasteiger partial charge in [0.05, 0.1) is 11.4 Å². The van der Waals surface area contributed by atoms with Gasteiger partial charge in [-0.15, -0.1) is 0 Å². The number of aliphatic hydroxyl groups is 1. The average Bonchev–Trinajstić information content (AvgIpc) is 2.21. The lowest BCUT2D eigenvalue weighted by atomic mass is 10.2.